The molecule has 0 spiro atoms. The fourth-order valence-corrected chi connectivity index (χ4v) is 5.89. The van der Waals surface area contributed by atoms with Gasteiger partial charge in [0.1, 0.15) is 17.5 Å². The topological polar surface area (TPSA) is 119 Å². The van der Waals surface area contributed by atoms with E-state index in [9.17, 15) is 23.5 Å². The molecule has 1 aliphatic heterocycles. The lowest BCUT2D eigenvalue weighted by Gasteiger charge is -2.42. The van der Waals surface area contributed by atoms with Crippen LogP contribution >= 0.6 is 15.9 Å². The van der Waals surface area contributed by atoms with Gasteiger partial charge in [-0.2, -0.15) is 0 Å². The Morgan fingerprint density at radius 2 is 1.56 bits per heavy atom. The van der Waals surface area contributed by atoms with Gasteiger partial charge >= 0.3 is 0 Å². The molecule has 39 heavy (non-hydrogen) atoms. The number of aryl methyl sites for hydroxylation is 1. The Balaban J connectivity index is 1.51. The summed E-state index contributed by atoms with van der Waals surface area (Å²) >= 11 is 3.40. The Morgan fingerprint density at radius 3 is 2.08 bits per heavy atom. The van der Waals surface area contributed by atoms with Crippen molar-refractivity contribution in [3.8, 4) is 11.5 Å². The van der Waals surface area contributed by atoms with E-state index in [1.807, 2.05) is 55.5 Å². The van der Waals surface area contributed by atoms with Gasteiger partial charge in [0.25, 0.3) is 5.91 Å². The molecule has 3 N–H and O–H groups in total. The van der Waals surface area contributed by atoms with Crippen LogP contribution in [-0.4, -0.2) is 61.5 Å². The molecule has 9 nitrogen and oxygen atoms in total. The number of hydrogen-bond donors (Lipinski definition) is 3. The summed E-state index contributed by atoms with van der Waals surface area (Å²) < 4.78 is 33.5. The molecule has 0 saturated carbocycles. The zero-order valence-electron chi connectivity index (χ0n) is 21.7. The number of likely N-dealkylation sites (tertiary alicyclic amines) is 1. The van der Waals surface area contributed by atoms with E-state index in [-0.39, 0.29) is 6.54 Å². The van der Waals surface area contributed by atoms with Gasteiger partial charge in [-0.3, -0.25) is 19.2 Å². The van der Waals surface area contributed by atoms with Gasteiger partial charge in [-0.1, -0.05) is 45.8 Å². The third-order valence-electron chi connectivity index (χ3n) is 6.98. The van der Waals surface area contributed by atoms with Crippen molar-refractivity contribution >= 4 is 37.5 Å². The molecule has 11 heteroatoms. The maximum absolute atomic E-state index is 12.8. The fraction of sp³-hybridized carbons (Fsp3) is 0.321. The molecule has 3 aromatic rings. The van der Waals surface area contributed by atoms with Crippen LogP contribution in [0.3, 0.4) is 0 Å². The highest BCUT2D eigenvalue weighted by atomic mass is 79.9. The van der Waals surface area contributed by atoms with Gasteiger partial charge in [0.05, 0.1) is 24.1 Å². The molecule has 1 fully saturated rings. The van der Waals surface area contributed by atoms with E-state index >= 15 is 0 Å². The van der Waals surface area contributed by atoms with Crippen molar-refractivity contribution in [2.24, 2.45) is 0 Å². The first-order valence-corrected chi connectivity index (χ1v) is 15.1. The van der Waals surface area contributed by atoms with E-state index < -0.39 is 27.6 Å². The first-order chi connectivity index (χ1) is 18.5. The quantitative estimate of drug-likeness (QED) is 0.243. The number of benzene rings is 3. The highest BCUT2D eigenvalue weighted by molar-refractivity contribution is 9.10. The van der Waals surface area contributed by atoms with Crippen LogP contribution in [-0.2, 0) is 20.4 Å². The van der Waals surface area contributed by atoms with Gasteiger partial charge < -0.3 is 9.84 Å². The summed E-state index contributed by atoms with van der Waals surface area (Å²) in [6.45, 7) is 2.41. The highest BCUT2D eigenvalue weighted by Gasteiger charge is 2.39. The van der Waals surface area contributed by atoms with E-state index in [2.05, 4.69) is 15.9 Å². The Bertz CT molecular complexity index is 1370. The normalized spacial score (nSPS) is 16.3. The summed E-state index contributed by atoms with van der Waals surface area (Å²) in [6, 6.07) is 20.6. The lowest BCUT2D eigenvalue weighted by Crippen LogP contribution is -2.56. The van der Waals surface area contributed by atoms with Crippen molar-refractivity contribution in [3.05, 3.63) is 88.4 Å². The molecule has 0 aliphatic carbocycles. The number of rotatable bonds is 9. The van der Waals surface area contributed by atoms with Gasteiger partial charge in [-0.15, -0.1) is 0 Å². The molecular weight excluding hydrogens is 586 g/mol. The average molecular weight is 619 g/mol. The Kier molecular flexibility index (Phi) is 8.97. The molecule has 4 rings (SSSR count). The van der Waals surface area contributed by atoms with Crippen LogP contribution in [0.15, 0.2) is 77.3 Å². The molecule has 1 heterocycles. The number of ether oxygens (including phenoxy) is 1. The summed E-state index contributed by atoms with van der Waals surface area (Å²) in [6.07, 6.45) is 1.75. The predicted octanol–water partition coefficient (Wildman–Crippen LogP) is 4.17. The van der Waals surface area contributed by atoms with E-state index in [1.54, 1.807) is 34.6 Å². The second kappa shape index (κ2) is 12.1. The number of carbonyl (C=O) groups is 1. The van der Waals surface area contributed by atoms with Crippen LogP contribution in [0.1, 0.15) is 24.0 Å². The average Bonchev–Trinajstić information content (AvgIpc) is 2.91. The molecule has 1 saturated heterocycles. The molecule has 0 bridgehead atoms. The molecule has 3 aromatic carbocycles. The molecule has 1 amide bonds. The Hall–Kier alpha value is -2.96. The zero-order valence-corrected chi connectivity index (χ0v) is 24.2. The zero-order chi connectivity index (χ0) is 28.2. The number of amides is 1. The van der Waals surface area contributed by atoms with Crippen molar-refractivity contribution in [2.75, 3.05) is 30.2 Å². The number of nitrogens with zero attached hydrogens (tertiary/aromatic N) is 2. The van der Waals surface area contributed by atoms with Crippen molar-refractivity contribution in [3.63, 3.8) is 0 Å². The minimum atomic E-state index is -3.79. The number of piperidine rings is 1. The fourth-order valence-electron chi connectivity index (χ4n) is 4.71. The molecular formula is C28H32BrN3O6S. The summed E-state index contributed by atoms with van der Waals surface area (Å²) in [5.74, 6) is 0.460. The van der Waals surface area contributed by atoms with E-state index in [4.69, 9.17) is 4.74 Å². The molecule has 0 aromatic heterocycles. The van der Waals surface area contributed by atoms with Gasteiger partial charge in [0.15, 0.2) is 0 Å². The van der Waals surface area contributed by atoms with E-state index in [0.717, 1.165) is 26.2 Å². The SMILES string of the molecule is Cc1ccc(Oc2ccc(N(C[C@@H](C(=O)NO)N3CCC(O)(c4ccc(Br)cc4)CC3)S(C)(=O)=O)cc2)cc1. The summed E-state index contributed by atoms with van der Waals surface area (Å²) in [5.41, 5.74) is 2.85. The molecule has 1 atom stereocenters. The smallest absolute Gasteiger partial charge is 0.262 e. The van der Waals surface area contributed by atoms with Crippen LogP contribution < -0.4 is 14.5 Å². The molecule has 208 valence electrons. The largest absolute Gasteiger partial charge is 0.457 e. The second-order valence-corrected chi connectivity index (χ2v) is 12.6. The van der Waals surface area contributed by atoms with Crippen LogP contribution in [0, 0.1) is 6.92 Å². The second-order valence-electron chi connectivity index (χ2n) is 9.77. The first kappa shape index (κ1) is 29.0. The minimum Gasteiger partial charge on any atom is -0.457 e. The highest BCUT2D eigenvalue weighted by Crippen LogP contribution is 2.34. The number of nitrogens with one attached hydrogen (secondary N) is 1. The third-order valence-corrected chi connectivity index (χ3v) is 8.67. The van der Waals surface area contributed by atoms with Crippen molar-refractivity contribution in [1.82, 2.24) is 10.4 Å². The lowest BCUT2D eigenvalue weighted by molar-refractivity contribution is -0.136. The van der Waals surface area contributed by atoms with E-state index in [0.29, 0.717) is 43.1 Å². The number of hydrogen-bond acceptors (Lipinski definition) is 7. The maximum Gasteiger partial charge on any atom is 0.262 e. The third kappa shape index (κ3) is 7.17. The number of aliphatic hydroxyl groups is 1. The summed E-state index contributed by atoms with van der Waals surface area (Å²) in [5, 5.41) is 20.7. The number of hydroxylamine groups is 1. The van der Waals surface area contributed by atoms with Crippen molar-refractivity contribution < 1.29 is 28.3 Å². The molecule has 0 radical (unpaired) electrons. The van der Waals surface area contributed by atoms with Crippen LogP contribution in [0.5, 0.6) is 11.5 Å². The number of carbonyl (C=O) groups excluding carboxylic acids is 1. The standard InChI is InChI=1S/C28H32BrN3O6S/c1-20-3-11-24(12-4-20)38-25-13-9-23(10-14-25)32(39(2,36)37)19-26(27(33)30-35)31-17-15-28(34,16-18-31)21-5-7-22(29)8-6-21/h3-14,26,34-35H,15-19H2,1-2H3,(H,30,33)/t26-/m0/s1. The van der Waals surface area contributed by atoms with Crippen LogP contribution in [0.25, 0.3) is 0 Å². The van der Waals surface area contributed by atoms with Gasteiger partial charge in [0, 0.05) is 17.6 Å². The first-order valence-electron chi connectivity index (χ1n) is 12.5. The number of anilines is 1. The number of halogens is 1. The Morgan fingerprint density at radius 1 is 1.03 bits per heavy atom. The molecule has 0 unspecified atom stereocenters. The predicted molar refractivity (Wildman–Crippen MR) is 152 cm³/mol. The lowest BCUT2D eigenvalue weighted by atomic mass is 9.84. The number of sulfonamides is 1. The van der Waals surface area contributed by atoms with Crippen LogP contribution in [0.2, 0.25) is 0 Å². The molecule has 1 aliphatic rings. The van der Waals surface area contributed by atoms with Crippen molar-refractivity contribution in [1.29, 1.82) is 0 Å². The van der Waals surface area contributed by atoms with Crippen molar-refractivity contribution in [2.45, 2.75) is 31.4 Å². The minimum absolute atomic E-state index is 0.222. The van der Waals surface area contributed by atoms with Crippen LogP contribution in [0.4, 0.5) is 5.69 Å². The van der Waals surface area contributed by atoms with Gasteiger partial charge in [-0.25, -0.2) is 13.9 Å². The summed E-state index contributed by atoms with van der Waals surface area (Å²) in [4.78, 5) is 14.5. The van der Waals surface area contributed by atoms with Gasteiger partial charge in [0.2, 0.25) is 10.0 Å². The maximum atomic E-state index is 12.8. The summed E-state index contributed by atoms with van der Waals surface area (Å²) in [7, 11) is -3.79. The van der Waals surface area contributed by atoms with E-state index in [1.165, 1.54) is 0 Å². The van der Waals surface area contributed by atoms with Gasteiger partial charge in [-0.05, 0) is 73.9 Å². The monoisotopic (exact) mass is 617 g/mol. The Labute approximate surface area is 237 Å².